The van der Waals surface area contributed by atoms with Crippen LogP contribution in [0.5, 0.6) is 0 Å². The largest absolute Gasteiger partial charge is 0.465 e. The van der Waals surface area contributed by atoms with Crippen molar-refractivity contribution in [3.63, 3.8) is 0 Å². The summed E-state index contributed by atoms with van der Waals surface area (Å²) >= 11 is 0. The lowest BCUT2D eigenvalue weighted by molar-refractivity contribution is -0.145. The molecule has 2 unspecified atom stereocenters. The van der Waals surface area contributed by atoms with Crippen LogP contribution in [0, 0.1) is 5.92 Å². The Morgan fingerprint density at radius 3 is 2.42 bits per heavy atom. The van der Waals surface area contributed by atoms with E-state index in [0.29, 0.717) is 12.5 Å². The second kappa shape index (κ2) is 11.2. The zero-order valence-corrected chi connectivity index (χ0v) is 13.4. The van der Waals surface area contributed by atoms with Gasteiger partial charge in [-0.25, -0.2) is 0 Å². The van der Waals surface area contributed by atoms with Crippen LogP contribution in [-0.2, 0) is 9.53 Å². The Morgan fingerprint density at radius 2 is 1.95 bits per heavy atom. The average Bonchev–Trinajstić information content (AvgIpc) is 2.41. The smallest absolute Gasteiger partial charge is 0.323 e. The molecule has 1 N–H and O–H groups in total. The Hall–Kier alpha value is -0.610. The second-order valence-electron chi connectivity index (χ2n) is 5.06. The fourth-order valence-corrected chi connectivity index (χ4v) is 2.05. The molecule has 0 amide bonds. The Morgan fingerprint density at radius 1 is 1.26 bits per heavy atom. The van der Waals surface area contributed by atoms with Crippen LogP contribution in [0.1, 0.15) is 47.5 Å². The van der Waals surface area contributed by atoms with Gasteiger partial charge in [0.2, 0.25) is 0 Å². The maximum Gasteiger partial charge on any atom is 0.323 e. The highest BCUT2D eigenvalue weighted by atomic mass is 16.5. The quantitative estimate of drug-likeness (QED) is 0.586. The third kappa shape index (κ3) is 8.22. The normalized spacial score (nSPS) is 14.4. The fourth-order valence-electron chi connectivity index (χ4n) is 2.05. The molecule has 0 fully saturated rings. The van der Waals surface area contributed by atoms with E-state index in [1.807, 2.05) is 13.8 Å². The first-order chi connectivity index (χ1) is 9.08. The lowest BCUT2D eigenvalue weighted by Crippen LogP contribution is -2.41. The van der Waals surface area contributed by atoms with E-state index in [4.69, 9.17) is 4.74 Å². The monoisotopic (exact) mass is 272 g/mol. The molecule has 4 heteroatoms. The van der Waals surface area contributed by atoms with Gasteiger partial charge in [-0.2, -0.15) is 0 Å². The van der Waals surface area contributed by atoms with Gasteiger partial charge in [-0.1, -0.05) is 34.1 Å². The minimum absolute atomic E-state index is 0.121. The summed E-state index contributed by atoms with van der Waals surface area (Å²) in [6.07, 6.45) is 2.02. The SMILES string of the molecule is CCNC(CCN(CC)CC(C)CC)C(=O)OCC. The number of esters is 1. The summed E-state index contributed by atoms with van der Waals surface area (Å²) in [6, 6.07) is -0.170. The van der Waals surface area contributed by atoms with Gasteiger partial charge in [-0.15, -0.1) is 0 Å². The van der Waals surface area contributed by atoms with Crippen LogP contribution < -0.4 is 5.32 Å². The molecule has 0 heterocycles. The van der Waals surface area contributed by atoms with Crippen molar-refractivity contribution in [3.8, 4) is 0 Å². The number of likely N-dealkylation sites (N-methyl/N-ethyl adjacent to an activating group) is 1. The Bertz CT molecular complexity index is 234. The molecule has 0 radical (unpaired) electrons. The van der Waals surface area contributed by atoms with E-state index >= 15 is 0 Å². The molecule has 19 heavy (non-hydrogen) atoms. The molecule has 114 valence electrons. The van der Waals surface area contributed by atoms with Crippen LogP contribution in [0.25, 0.3) is 0 Å². The fraction of sp³-hybridized carbons (Fsp3) is 0.933. The molecule has 0 saturated heterocycles. The molecular weight excluding hydrogens is 240 g/mol. The van der Waals surface area contributed by atoms with E-state index in [0.717, 1.165) is 32.6 Å². The molecule has 0 aromatic carbocycles. The lowest BCUT2D eigenvalue weighted by atomic mass is 10.1. The molecule has 0 aliphatic carbocycles. The molecular formula is C15H32N2O2. The molecule has 4 nitrogen and oxygen atoms in total. The first-order valence-electron chi connectivity index (χ1n) is 7.71. The van der Waals surface area contributed by atoms with E-state index < -0.39 is 0 Å². The summed E-state index contributed by atoms with van der Waals surface area (Å²) in [6.45, 7) is 14.9. The molecule has 0 aromatic heterocycles. The number of hydrogen-bond acceptors (Lipinski definition) is 4. The van der Waals surface area contributed by atoms with E-state index in [-0.39, 0.29) is 12.0 Å². The molecule has 0 bridgehead atoms. The predicted octanol–water partition coefficient (Wildman–Crippen LogP) is 2.29. The van der Waals surface area contributed by atoms with Crippen molar-refractivity contribution in [2.75, 3.05) is 32.8 Å². The minimum Gasteiger partial charge on any atom is -0.465 e. The van der Waals surface area contributed by atoms with Gasteiger partial charge in [0.1, 0.15) is 6.04 Å². The van der Waals surface area contributed by atoms with Gasteiger partial charge in [-0.05, 0) is 32.4 Å². The number of carbonyl (C=O) groups is 1. The summed E-state index contributed by atoms with van der Waals surface area (Å²) in [5.41, 5.74) is 0. The van der Waals surface area contributed by atoms with Crippen molar-refractivity contribution in [1.29, 1.82) is 0 Å². The third-order valence-corrected chi connectivity index (χ3v) is 3.47. The van der Waals surface area contributed by atoms with Crippen LogP contribution in [-0.4, -0.2) is 49.7 Å². The number of nitrogens with zero attached hydrogens (tertiary/aromatic N) is 1. The van der Waals surface area contributed by atoms with Crippen molar-refractivity contribution >= 4 is 5.97 Å². The van der Waals surface area contributed by atoms with E-state index in [9.17, 15) is 4.79 Å². The van der Waals surface area contributed by atoms with Crippen LogP contribution in [0.3, 0.4) is 0 Å². The van der Waals surface area contributed by atoms with E-state index in [1.165, 1.54) is 6.42 Å². The lowest BCUT2D eigenvalue weighted by Gasteiger charge is -2.25. The van der Waals surface area contributed by atoms with Crippen molar-refractivity contribution in [1.82, 2.24) is 10.2 Å². The standard InChI is InChI=1S/C15H32N2O2/c1-6-13(5)12-17(8-3)11-10-14(16-7-2)15(18)19-9-4/h13-14,16H,6-12H2,1-5H3. The van der Waals surface area contributed by atoms with Crippen molar-refractivity contribution < 1.29 is 9.53 Å². The number of hydrogen-bond donors (Lipinski definition) is 1. The zero-order valence-electron chi connectivity index (χ0n) is 13.4. The van der Waals surface area contributed by atoms with E-state index in [2.05, 4.69) is 31.0 Å². The molecule has 0 rings (SSSR count). The van der Waals surface area contributed by atoms with Crippen LogP contribution >= 0.6 is 0 Å². The highest BCUT2D eigenvalue weighted by Crippen LogP contribution is 2.06. The Labute approximate surface area is 118 Å². The summed E-state index contributed by atoms with van der Waals surface area (Å²) in [4.78, 5) is 14.2. The number of ether oxygens (including phenoxy) is 1. The summed E-state index contributed by atoms with van der Waals surface area (Å²) in [5.74, 6) is 0.587. The summed E-state index contributed by atoms with van der Waals surface area (Å²) in [7, 11) is 0. The van der Waals surface area contributed by atoms with Gasteiger partial charge in [0, 0.05) is 13.1 Å². The van der Waals surface area contributed by atoms with E-state index in [1.54, 1.807) is 0 Å². The maximum atomic E-state index is 11.8. The highest BCUT2D eigenvalue weighted by molar-refractivity contribution is 5.75. The number of carbonyl (C=O) groups excluding carboxylic acids is 1. The maximum absolute atomic E-state index is 11.8. The van der Waals surface area contributed by atoms with Gasteiger partial charge in [0.25, 0.3) is 0 Å². The third-order valence-electron chi connectivity index (χ3n) is 3.47. The van der Waals surface area contributed by atoms with Crippen molar-refractivity contribution in [2.24, 2.45) is 5.92 Å². The molecule has 2 atom stereocenters. The molecule has 0 saturated carbocycles. The number of rotatable bonds is 11. The molecule has 0 aliphatic rings. The Kier molecular flexibility index (Phi) is 10.9. The van der Waals surface area contributed by atoms with Crippen molar-refractivity contribution in [3.05, 3.63) is 0 Å². The highest BCUT2D eigenvalue weighted by Gasteiger charge is 2.19. The van der Waals surface area contributed by atoms with Gasteiger partial charge in [0.05, 0.1) is 6.61 Å². The molecule has 0 aromatic rings. The summed E-state index contributed by atoms with van der Waals surface area (Å²) < 4.78 is 5.10. The van der Waals surface area contributed by atoms with Crippen molar-refractivity contribution in [2.45, 2.75) is 53.5 Å². The van der Waals surface area contributed by atoms with Gasteiger partial charge in [0.15, 0.2) is 0 Å². The first kappa shape index (κ1) is 18.4. The first-order valence-corrected chi connectivity index (χ1v) is 7.71. The summed E-state index contributed by atoms with van der Waals surface area (Å²) in [5, 5.41) is 3.21. The average molecular weight is 272 g/mol. The zero-order chi connectivity index (χ0) is 14.7. The second-order valence-corrected chi connectivity index (χ2v) is 5.06. The van der Waals surface area contributed by atoms with Gasteiger partial charge >= 0.3 is 5.97 Å². The predicted molar refractivity (Wildman–Crippen MR) is 80.3 cm³/mol. The van der Waals surface area contributed by atoms with Gasteiger partial charge < -0.3 is 15.0 Å². The van der Waals surface area contributed by atoms with Gasteiger partial charge in [-0.3, -0.25) is 4.79 Å². The van der Waals surface area contributed by atoms with Crippen LogP contribution in [0.4, 0.5) is 0 Å². The topological polar surface area (TPSA) is 41.6 Å². The number of nitrogens with one attached hydrogen (secondary N) is 1. The molecule has 0 aliphatic heterocycles. The minimum atomic E-state index is -0.170. The van der Waals surface area contributed by atoms with Crippen LogP contribution in [0.15, 0.2) is 0 Å². The van der Waals surface area contributed by atoms with Crippen LogP contribution in [0.2, 0.25) is 0 Å². The molecule has 0 spiro atoms. The Balaban J connectivity index is 4.22.